The summed E-state index contributed by atoms with van der Waals surface area (Å²) in [4.78, 5) is 10.5. The average Bonchev–Trinajstić information content (AvgIpc) is 2.49. The summed E-state index contributed by atoms with van der Waals surface area (Å²) in [5.41, 5.74) is 1.45. The molecule has 0 unspecified atom stereocenters. The molecule has 6 heteroatoms. The molecular formula is C7H7N3O3. The number of hydrogen-bond donors (Lipinski definition) is 2. The Morgan fingerprint density at radius 2 is 2.00 bits per heavy atom. The smallest absolute Gasteiger partial charge is 0.335 e. The molecule has 0 radical (unpaired) electrons. The predicted molar refractivity (Wildman–Crippen MR) is 44.5 cm³/mol. The van der Waals surface area contributed by atoms with Crippen molar-refractivity contribution in [2.45, 2.75) is 0 Å². The van der Waals surface area contributed by atoms with Crippen LogP contribution in [-0.4, -0.2) is 32.0 Å². The molecule has 0 aliphatic rings. The molecule has 0 aliphatic carbocycles. The summed E-state index contributed by atoms with van der Waals surface area (Å²) in [6.45, 7) is 0. The minimum absolute atomic E-state index is 0. The Labute approximate surface area is 72.5 Å². The number of aromatic carboxylic acids is 1. The zero-order valence-electron chi connectivity index (χ0n) is 6.48. The summed E-state index contributed by atoms with van der Waals surface area (Å²) in [7, 11) is 0. The largest absolute Gasteiger partial charge is 0.478 e. The van der Waals surface area contributed by atoms with Gasteiger partial charge in [0.15, 0.2) is 0 Å². The Kier molecular flexibility index (Phi) is 2.25. The second kappa shape index (κ2) is 3.20. The highest BCUT2D eigenvalue weighted by Gasteiger charge is 2.04. The lowest BCUT2D eigenvalue weighted by molar-refractivity contribution is 0.0697. The molecule has 6 nitrogen and oxygen atoms in total. The van der Waals surface area contributed by atoms with Crippen molar-refractivity contribution in [3.8, 4) is 0 Å². The first-order chi connectivity index (χ1) is 5.77. The third-order valence-corrected chi connectivity index (χ3v) is 1.56. The first-order valence-electron chi connectivity index (χ1n) is 3.31. The van der Waals surface area contributed by atoms with E-state index in [1.807, 2.05) is 0 Å². The minimum atomic E-state index is -0.958. The van der Waals surface area contributed by atoms with Crippen LogP contribution in [0.1, 0.15) is 10.4 Å². The SMILES string of the molecule is O.O=C(O)c1ccc2n[nH]nc2c1. The number of hydrogen-bond acceptors (Lipinski definition) is 3. The van der Waals surface area contributed by atoms with Gasteiger partial charge in [-0.1, -0.05) is 0 Å². The van der Waals surface area contributed by atoms with Gasteiger partial charge in [-0.2, -0.15) is 15.4 Å². The van der Waals surface area contributed by atoms with Crippen LogP contribution in [0, 0.1) is 0 Å². The summed E-state index contributed by atoms with van der Waals surface area (Å²) < 4.78 is 0. The van der Waals surface area contributed by atoms with Crippen molar-refractivity contribution in [2.75, 3.05) is 0 Å². The van der Waals surface area contributed by atoms with Gasteiger partial charge < -0.3 is 10.6 Å². The Balaban J connectivity index is 0.000000845. The molecule has 1 heterocycles. The fraction of sp³-hybridized carbons (Fsp3) is 0. The highest BCUT2D eigenvalue weighted by atomic mass is 16.4. The molecule has 2 rings (SSSR count). The zero-order chi connectivity index (χ0) is 8.55. The summed E-state index contributed by atoms with van der Waals surface area (Å²) in [5.74, 6) is -0.958. The van der Waals surface area contributed by atoms with E-state index in [1.54, 1.807) is 6.07 Å². The molecule has 68 valence electrons. The fourth-order valence-electron chi connectivity index (χ4n) is 0.973. The summed E-state index contributed by atoms with van der Waals surface area (Å²) >= 11 is 0. The van der Waals surface area contributed by atoms with Crippen LogP contribution in [0.25, 0.3) is 11.0 Å². The van der Waals surface area contributed by atoms with E-state index in [0.717, 1.165) is 0 Å². The van der Waals surface area contributed by atoms with Crippen molar-refractivity contribution in [2.24, 2.45) is 0 Å². The quantitative estimate of drug-likeness (QED) is 0.636. The number of aromatic amines is 1. The topological polar surface area (TPSA) is 110 Å². The molecule has 0 saturated heterocycles. The molecule has 0 fully saturated rings. The monoisotopic (exact) mass is 181 g/mol. The zero-order valence-corrected chi connectivity index (χ0v) is 6.48. The van der Waals surface area contributed by atoms with E-state index in [1.165, 1.54) is 12.1 Å². The van der Waals surface area contributed by atoms with Crippen LogP contribution >= 0.6 is 0 Å². The van der Waals surface area contributed by atoms with Crippen molar-refractivity contribution in [3.05, 3.63) is 23.8 Å². The van der Waals surface area contributed by atoms with Gasteiger partial charge in [0.1, 0.15) is 11.0 Å². The fourth-order valence-corrected chi connectivity index (χ4v) is 0.973. The van der Waals surface area contributed by atoms with Gasteiger partial charge in [0.2, 0.25) is 0 Å². The summed E-state index contributed by atoms with van der Waals surface area (Å²) in [6.07, 6.45) is 0. The maximum Gasteiger partial charge on any atom is 0.335 e. The number of rotatable bonds is 1. The number of carboxylic acids is 1. The van der Waals surface area contributed by atoms with Crippen LogP contribution in [-0.2, 0) is 0 Å². The Morgan fingerprint density at radius 1 is 1.31 bits per heavy atom. The molecule has 0 atom stereocenters. The van der Waals surface area contributed by atoms with E-state index in [2.05, 4.69) is 15.4 Å². The molecule has 2 aromatic rings. The number of H-pyrrole nitrogens is 1. The van der Waals surface area contributed by atoms with Crippen molar-refractivity contribution < 1.29 is 15.4 Å². The number of nitrogens with zero attached hydrogens (tertiary/aromatic N) is 2. The summed E-state index contributed by atoms with van der Waals surface area (Å²) in [5, 5.41) is 18.6. The summed E-state index contributed by atoms with van der Waals surface area (Å²) in [6, 6.07) is 4.58. The van der Waals surface area contributed by atoms with Gasteiger partial charge in [-0.05, 0) is 18.2 Å². The van der Waals surface area contributed by atoms with Gasteiger partial charge in [0.05, 0.1) is 5.56 Å². The number of fused-ring (bicyclic) bond motifs is 1. The Morgan fingerprint density at radius 3 is 2.69 bits per heavy atom. The van der Waals surface area contributed by atoms with E-state index >= 15 is 0 Å². The molecule has 1 aromatic carbocycles. The van der Waals surface area contributed by atoms with Gasteiger partial charge in [-0.3, -0.25) is 0 Å². The number of aromatic nitrogens is 3. The highest BCUT2D eigenvalue weighted by molar-refractivity contribution is 5.91. The molecule has 4 N–H and O–H groups in total. The van der Waals surface area contributed by atoms with Crippen LogP contribution in [0.4, 0.5) is 0 Å². The predicted octanol–water partition coefficient (Wildman–Crippen LogP) is -0.169. The molecular weight excluding hydrogens is 174 g/mol. The number of nitrogens with one attached hydrogen (secondary N) is 1. The number of carbonyl (C=O) groups is 1. The van der Waals surface area contributed by atoms with E-state index in [4.69, 9.17) is 5.11 Å². The first-order valence-corrected chi connectivity index (χ1v) is 3.31. The van der Waals surface area contributed by atoms with Crippen LogP contribution in [0.2, 0.25) is 0 Å². The maximum absolute atomic E-state index is 10.5. The third kappa shape index (κ3) is 1.47. The number of carboxylic acid groups (broad SMARTS) is 1. The van der Waals surface area contributed by atoms with Crippen LogP contribution in [0.5, 0.6) is 0 Å². The molecule has 0 saturated carbocycles. The second-order valence-electron chi connectivity index (χ2n) is 2.33. The van der Waals surface area contributed by atoms with Gasteiger partial charge in [0, 0.05) is 0 Å². The molecule has 0 amide bonds. The first kappa shape index (κ1) is 9.14. The lowest BCUT2D eigenvalue weighted by atomic mass is 10.2. The molecule has 0 bridgehead atoms. The van der Waals surface area contributed by atoms with E-state index in [-0.39, 0.29) is 11.0 Å². The lowest BCUT2D eigenvalue weighted by Gasteiger charge is -1.90. The van der Waals surface area contributed by atoms with E-state index in [9.17, 15) is 4.79 Å². The van der Waals surface area contributed by atoms with Gasteiger partial charge in [0.25, 0.3) is 0 Å². The molecule has 13 heavy (non-hydrogen) atoms. The van der Waals surface area contributed by atoms with Crippen LogP contribution in [0.3, 0.4) is 0 Å². The normalized spacial score (nSPS) is 9.54. The average molecular weight is 181 g/mol. The van der Waals surface area contributed by atoms with E-state index < -0.39 is 5.97 Å². The Hall–Kier alpha value is -1.95. The van der Waals surface area contributed by atoms with Gasteiger partial charge in [-0.15, -0.1) is 0 Å². The second-order valence-corrected chi connectivity index (χ2v) is 2.33. The molecule has 0 spiro atoms. The molecule has 1 aromatic heterocycles. The van der Waals surface area contributed by atoms with Gasteiger partial charge >= 0.3 is 5.97 Å². The third-order valence-electron chi connectivity index (χ3n) is 1.56. The molecule has 0 aliphatic heterocycles. The highest BCUT2D eigenvalue weighted by Crippen LogP contribution is 2.09. The van der Waals surface area contributed by atoms with Crippen LogP contribution < -0.4 is 0 Å². The minimum Gasteiger partial charge on any atom is -0.478 e. The van der Waals surface area contributed by atoms with Crippen molar-refractivity contribution >= 4 is 17.0 Å². The Bertz CT molecular complexity index is 437. The number of benzene rings is 1. The van der Waals surface area contributed by atoms with Crippen molar-refractivity contribution in [1.82, 2.24) is 15.4 Å². The lowest BCUT2D eigenvalue weighted by Crippen LogP contribution is -1.94. The van der Waals surface area contributed by atoms with Gasteiger partial charge in [-0.25, -0.2) is 4.79 Å². The van der Waals surface area contributed by atoms with Crippen molar-refractivity contribution in [3.63, 3.8) is 0 Å². The van der Waals surface area contributed by atoms with E-state index in [0.29, 0.717) is 11.0 Å². The van der Waals surface area contributed by atoms with Crippen LogP contribution in [0.15, 0.2) is 18.2 Å². The van der Waals surface area contributed by atoms with Crippen molar-refractivity contribution in [1.29, 1.82) is 0 Å². The maximum atomic E-state index is 10.5. The standard InChI is InChI=1S/C7H5N3O2.H2O/c11-7(12)4-1-2-5-6(3-4)9-10-8-5;/h1-3H,(H,11,12)(H,8,9,10);1H2.